The van der Waals surface area contributed by atoms with Crippen LogP contribution in [0.5, 0.6) is 0 Å². The summed E-state index contributed by atoms with van der Waals surface area (Å²) in [6.07, 6.45) is 4.41. The lowest BCUT2D eigenvalue weighted by Crippen LogP contribution is -2.51. The maximum atomic E-state index is 12.5. The van der Waals surface area contributed by atoms with Crippen LogP contribution in [0.3, 0.4) is 0 Å². The minimum Gasteiger partial charge on any atom is -0.481 e. The average Bonchev–Trinajstić information content (AvgIpc) is 2.41. The van der Waals surface area contributed by atoms with Crippen molar-refractivity contribution < 1.29 is 14.7 Å². The molecule has 21 heavy (non-hydrogen) atoms. The summed E-state index contributed by atoms with van der Waals surface area (Å²) in [4.78, 5) is 23.7. The van der Waals surface area contributed by atoms with Gasteiger partial charge in [0.2, 0.25) is 0 Å². The van der Waals surface area contributed by atoms with E-state index in [4.69, 9.17) is 5.11 Å². The normalized spacial score (nSPS) is 17.2. The van der Waals surface area contributed by atoms with Gasteiger partial charge in [-0.15, -0.1) is 0 Å². The van der Waals surface area contributed by atoms with E-state index in [2.05, 4.69) is 37.2 Å². The van der Waals surface area contributed by atoms with Crippen molar-refractivity contribution in [1.29, 1.82) is 0 Å². The number of hydrogen-bond acceptors (Lipinski definition) is 2. The smallest absolute Gasteiger partial charge is 0.305 e. The predicted molar refractivity (Wildman–Crippen MR) is 87.4 cm³/mol. The van der Waals surface area contributed by atoms with E-state index in [0.717, 1.165) is 36.6 Å². The Morgan fingerprint density at radius 3 is 2.48 bits per heavy atom. The standard InChI is InChI=1S/C15H17Br2NO3/c16-10-4-5-12(17)11(8-10)14(21)18-15(9-13(19)20)6-2-1-3-7-15/h4-5,8H,1-3,6-7,9H2,(H,18,21)(H,19,20). The first-order chi connectivity index (χ1) is 9.92. The number of benzene rings is 1. The average molecular weight is 419 g/mol. The molecule has 0 aliphatic heterocycles. The summed E-state index contributed by atoms with van der Waals surface area (Å²) in [7, 11) is 0. The van der Waals surface area contributed by atoms with E-state index in [0.29, 0.717) is 10.0 Å². The van der Waals surface area contributed by atoms with Gasteiger partial charge in [0.1, 0.15) is 0 Å². The highest BCUT2D eigenvalue weighted by Gasteiger charge is 2.36. The Labute approximate surface area is 140 Å². The van der Waals surface area contributed by atoms with Crippen molar-refractivity contribution in [3.63, 3.8) is 0 Å². The summed E-state index contributed by atoms with van der Waals surface area (Å²) in [5.74, 6) is -1.10. The molecule has 1 aromatic carbocycles. The molecule has 0 saturated heterocycles. The highest BCUT2D eigenvalue weighted by molar-refractivity contribution is 9.11. The second-order valence-electron chi connectivity index (χ2n) is 5.49. The van der Waals surface area contributed by atoms with E-state index in [1.54, 1.807) is 12.1 Å². The number of carboxylic acids is 1. The molecule has 1 aromatic rings. The second-order valence-corrected chi connectivity index (χ2v) is 7.26. The Balaban J connectivity index is 2.21. The van der Waals surface area contributed by atoms with Gasteiger partial charge in [0.25, 0.3) is 5.91 Å². The minimum absolute atomic E-state index is 0.0235. The van der Waals surface area contributed by atoms with Crippen LogP contribution in [0.25, 0.3) is 0 Å². The van der Waals surface area contributed by atoms with Crippen molar-refractivity contribution in [3.05, 3.63) is 32.7 Å². The van der Waals surface area contributed by atoms with Crippen molar-refractivity contribution in [2.24, 2.45) is 0 Å². The minimum atomic E-state index is -0.870. The lowest BCUT2D eigenvalue weighted by molar-refractivity contribution is -0.139. The van der Waals surface area contributed by atoms with Crippen molar-refractivity contribution in [2.75, 3.05) is 0 Å². The monoisotopic (exact) mass is 417 g/mol. The number of carboxylic acid groups (broad SMARTS) is 1. The van der Waals surface area contributed by atoms with Crippen LogP contribution < -0.4 is 5.32 Å². The van der Waals surface area contributed by atoms with Crippen LogP contribution in [0.4, 0.5) is 0 Å². The van der Waals surface area contributed by atoms with Crippen LogP contribution in [0.15, 0.2) is 27.1 Å². The van der Waals surface area contributed by atoms with Gasteiger partial charge in [-0.1, -0.05) is 35.2 Å². The fraction of sp³-hybridized carbons (Fsp3) is 0.467. The second kappa shape index (κ2) is 6.92. The topological polar surface area (TPSA) is 66.4 Å². The van der Waals surface area contributed by atoms with Gasteiger partial charge in [0.05, 0.1) is 17.5 Å². The van der Waals surface area contributed by atoms with Gasteiger partial charge in [-0.3, -0.25) is 9.59 Å². The van der Waals surface area contributed by atoms with Gasteiger partial charge in [-0.05, 0) is 47.0 Å². The lowest BCUT2D eigenvalue weighted by atomic mass is 9.79. The number of hydrogen-bond donors (Lipinski definition) is 2. The maximum absolute atomic E-state index is 12.5. The zero-order chi connectivity index (χ0) is 15.5. The molecule has 1 fully saturated rings. The van der Waals surface area contributed by atoms with Crippen molar-refractivity contribution in [1.82, 2.24) is 5.32 Å². The molecule has 1 aliphatic carbocycles. The van der Waals surface area contributed by atoms with Crippen molar-refractivity contribution in [3.8, 4) is 0 Å². The summed E-state index contributed by atoms with van der Waals surface area (Å²) in [5.41, 5.74) is -0.108. The molecule has 1 saturated carbocycles. The van der Waals surface area contributed by atoms with E-state index < -0.39 is 11.5 Å². The summed E-state index contributed by atoms with van der Waals surface area (Å²) < 4.78 is 1.51. The third-order valence-electron chi connectivity index (χ3n) is 3.85. The summed E-state index contributed by atoms with van der Waals surface area (Å²) >= 11 is 6.71. The highest BCUT2D eigenvalue weighted by Crippen LogP contribution is 2.32. The molecule has 114 valence electrons. The number of nitrogens with one attached hydrogen (secondary N) is 1. The molecule has 0 spiro atoms. The van der Waals surface area contributed by atoms with Gasteiger partial charge < -0.3 is 10.4 Å². The highest BCUT2D eigenvalue weighted by atomic mass is 79.9. The van der Waals surface area contributed by atoms with Crippen molar-refractivity contribution in [2.45, 2.75) is 44.1 Å². The van der Waals surface area contributed by atoms with E-state index in [-0.39, 0.29) is 12.3 Å². The summed E-state index contributed by atoms with van der Waals surface area (Å²) in [5, 5.41) is 12.1. The molecule has 0 radical (unpaired) electrons. The molecule has 0 atom stereocenters. The Kier molecular flexibility index (Phi) is 5.43. The molecule has 6 heteroatoms. The quantitative estimate of drug-likeness (QED) is 0.772. The maximum Gasteiger partial charge on any atom is 0.305 e. The SMILES string of the molecule is O=C(O)CC1(NC(=O)c2cc(Br)ccc2Br)CCCCC1. The molecule has 2 rings (SSSR count). The molecular formula is C15H17Br2NO3. The predicted octanol–water partition coefficient (Wildman–Crippen LogP) is 4.12. The molecule has 0 heterocycles. The molecule has 0 aromatic heterocycles. The van der Waals surface area contributed by atoms with Crippen LogP contribution >= 0.6 is 31.9 Å². The van der Waals surface area contributed by atoms with Crippen LogP contribution in [0.2, 0.25) is 0 Å². The number of carbonyl (C=O) groups excluding carboxylic acids is 1. The van der Waals surface area contributed by atoms with Gasteiger partial charge in [-0.2, -0.15) is 0 Å². The van der Waals surface area contributed by atoms with E-state index in [9.17, 15) is 9.59 Å². The largest absolute Gasteiger partial charge is 0.481 e. The third kappa shape index (κ3) is 4.30. The van der Waals surface area contributed by atoms with Crippen molar-refractivity contribution >= 4 is 43.7 Å². The van der Waals surface area contributed by atoms with Gasteiger partial charge >= 0.3 is 5.97 Å². The third-order valence-corrected chi connectivity index (χ3v) is 5.04. The number of carbonyl (C=O) groups is 2. The zero-order valence-electron chi connectivity index (χ0n) is 11.5. The molecule has 2 N–H and O–H groups in total. The molecule has 1 amide bonds. The van der Waals surface area contributed by atoms with Crippen LogP contribution in [-0.4, -0.2) is 22.5 Å². The Bertz CT molecular complexity index is 554. The first-order valence-corrected chi connectivity index (χ1v) is 8.50. The van der Waals surface area contributed by atoms with Gasteiger partial charge in [0, 0.05) is 8.95 Å². The molecule has 4 nitrogen and oxygen atoms in total. The fourth-order valence-electron chi connectivity index (χ4n) is 2.84. The number of aliphatic carboxylic acids is 1. The summed E-state index contributed by atoms with van der Waals surface area (Å²) in [6, 6.07) is 5.37. The molecule has 0 bridgehead atoms. The fourth-order valence-corrected chi connectivity index (χ4v) is 3.63. The Hall–Kier alpha value is -0.880. The van der Waals surface area contributed by atoms with E-state index in [1.807, 2.05) is 6.07 Å². The first kappa shape index (κ1) is 16.5. The number of amides is 1. The van der Waals surface area contributed by atoms with Crippen LogP contribution in [0.1, 0.15) is 48.9 Å². The molecule has 0 unspecified atom stereocenters. The van der Waals surface area contributed by atoms with E-state index >= 15 is 0 Å². The molecule has 1 aliphatic rings. The Morgan fingerprint density at radius 2 is 1.86 bits per heavy atom. The number of rotatable bonds is 4. The van der Waals surface area contributed by atoms with E-state index in [1.165, 1.54) is 0 Å². The van der Waals surface area contributed by atoms with Crippen LogP contribution in [-0.2, 0) is 4.79 Å². The van der Waals surface area contributed by atoms with Gasteiger partial charge in [0.15, 0.2) is 0 Å². The first-order valence-electron chi connectivity index (χ1n) is 6.91. The Morgan fingerprint density at radius 1 is 1.19 bits per heavy atom. The van der Waals surface area contributed by atoms with Gasteiger partial charge in [-0.25, -0.2) is 0 Å². The lowest BCUT2D eigenvalue weighted by Gasteiger charge is -2.37. The van der Waals surface area contributed by atoms with Crippen LogP contribution in [0, 0.1) is 0 Å². The molecular weight excluding hydrogens is 402 g/mol. The number of halogens is 2. The zero-order valence-corrected chi connectivity index (χ0v) is 14.7. The summed E-state index contributed by atoms with van der Waals surface area (Å²) in [6.45, 7) is 0.